The maximum atomic E-state index is 12.4. The molecule has 1 aliphatic heterocycles. The van der Waals surface area contributed by atoms with Crippen molar-refractivity contribution in [2.45, 2.75) is 31.6 Å². The first-order valence-corrected chi connectivity index (χ1v) is 8.18. The van der Waals surface area contributed by atoms with Crippen molar-refractivity contribution in [3.8, 4) is 0 Å². The molecule has 1 saturated heterocycles. The van der Waals surface area contributed by atoms with Crippen LogP contribution in [0.25, 0.3) is 0 Å². The van der Waals surface area contributed by atoms with Gasteiger partial charge in [0, 0.05) is 12.6 Å². The van der Waals surface area contributed by atoms with Gasteiger partial charge in [0.2, 0.25) is 11.8 Å². The number of amides is 2. The van der Waals surface area contributed by atoms with Gasteiger partial charge in [-0.25, -0.2) is 0 Å². The van der Waals surface area contributed by atoms with Crippen LogP contribution < -0.4 is 5.32 Å². The average molecular weight is 320 g/mol. The van der Waals surface area contributed by atoms with E-state index in [1.807, 2.05) is 67.7 Å². The Bertz CT molecular complexity index is 766. The highest BCUT2D eigenvalue weighted by Crippen LogP contribution is 2.36. The van der Waals surface area contributed by atoms with Gasteiger partial charge in [0.25, 0.3) is 0 Å². The molecule has 122 valence electrons. The van der Waals surface area contributed by atoms with E-state index in [-0.39, 0.29) is 11.8 Å². The fraction of sp³-hybridized carbons (Fsp3) is 0.250. The molecule has 0 bridgehead atoms. The quantitative estimate of drug-likeness (QED) is 0.692. The van der Waals surface area contributed by atoms with Crippen molar-refractivity contribution in [3.63, 3.8) is 0 Å². The zero-order chi connectivity index (χ0) is 17.0. The lowest BCUT2D eigenvalue weighted by Gasteiger charge is -2.34. The summed E-state index contributed by atoms with van der Waals surface area (Å²) in [7, 11) is 0. The smallest absolute Gasteiger partial charge is 0.237 e. The molecule has 0 unspecified atom stereocenters. The predicted molar refractivity (Wildman–Crippen MR) is 94.5 cm³/mol. The van der Waals surface area contributed by atoms with Crippen molar-refractivity contribution in [2.75, 3.05) is 0 Å². The molecule has 0 aromatic heterocycles. The highest BCUT2D eigenvalue weighted by atomic mass is 16.2. The van der Waals surface area contributed by atoms with Crippen LogP contribution in [0, 0.1) is 0 Å². The summed E-state index contributed by atoms with van der Waals surface area (Å²) in [5, 5.41) is 2.47. The Balaban J connectivity index is 1.82. The number of aliphatic imine (C=N–C) groups is 1. The van der Waals surface area contributed by atoms with E-state index in [1.54, 1.807) is 0 Å². The second-order valence-electron chi connectivity index (χ2n) is 6.03. The average Bonchev–Trinajstić information content (AvgIpc) is 2.62. The maximum absolute atomic E-state index is 12.4. The Hall–Kier alpha value is -2.75. The third-order valence-electron chi connectivity index (χ3n) is 4.65. The molecule has 0 saturated carbocycles. The summed E-state index contributed by atoms with van der Waals surface area (Å²) in [6, 6.07) is 17.6. The number of benzene rings is 2. The van der Waals surface area contributed by atoms with E-state index >= 15 is 0 Å². The van der Waals surface area contributed by atoms with Crippen molar-refractivity contribution in [3.05, 3.63) is 65.7 Å². The largest absolute Gasteiger partial charge is 0.296 e. The van der Waals surface area contributed by atoms with Gasteiger partial charge in [0.15, 0.2) is 0 Å². The summed E-state index contributed by atoms with van der Waals surface area (Å²) >= 11 is 0. The molecule has 1 heterocycles. The third kappa shape index (κ3) is 3.13. The molecular weight excluding hydrogens is 300 g/mol. The monoisotopic (exact) mass is 320 g/mol. The molecule has 2 aromatic rings. The van der Waals surface area contributed by atoms with E-state index in [0.717, 1.165) is 16.8 Å². The van der Waals surface area contributed by atoms with Gasteiger partial charge in [0.05, 0.1) is 11.1 Å². The van der Waals surface area contributed by atoms with Crippen molar-refractivity contribution in [1.82, 2.24) is 5.32 Å². The minimum Gasteiger partial charge on any atom is -0.296 e. The van der Waals surface area contributed by atoms with Gasteiger partial charge in [0.1, 0.15) is 0 Å². The minimum absolute atomic E-state index is 0.187. The zero-order valence-electron chi connectivity index (χ0n) is 13.7. The summed E-state index contributed by atoms with van der Waals surface area (Å²) in [6.07, 6.45) is 3.42. The Morgan fingerprint density at radius 1 is 1.08 bits per heavy atom. The van der Waals surface area contributed by atoms with Crippen LogP contribution in [0.2, 0.25) is 0 Å². The molecule has 24 heavy (non-hydrogen) atoms. The van der Waals surface area contributed by atoms with E-state index in [1.165, 1.54) is 0 Å². The van der Waals surface area contributed by atoms with Crippen molar-refractivity contribution >= 4 is 23.7 Å². The molecule has 3 rings (SSSR count). The lowest BCUT2D eigenvalue weighted by molar-refractivity contribution is -0.138. The van der Waals surface area contributed by atoms with Crippen LogP contribution in [-0.4, -0.2) is 18.0 Å². The lowest BCUT2D eigenvalue weighted by atomic mass is 9.72. The number of imide groups is 1. The van der Waals surface area contributed by atoms with Gasteiger partial charge in [-0.1, -0.05) is 49.4 Å². The van der Waals surface area contributed by atoms with Gasteiger partial charge in [-0.15, -0.1) is 0 Å². The maximum Gasteiger partial charge on any atom is 0.237 e. The molecule has 1 N–H and O–H groups in total. The van der Waals surface area contributed by atoms with Crippen LogP contribution >= 0.6 is 0 Å². The molecule has 2 amide bonds. The summed E-state index contributed by atoms with van der Waals surface area (Å²) in [5.41, 5.74) is 2.20. The Labute approximate surface area is 141 Å². The number of nitrogens with zero attached hydrogens (tertiary/aromatic N) is 1. The molecule has 2 aromatic carbocycles. The minimum atomic E-state index is -0.615. The van der Waals surface area contributed by atoms with E-state index in [4.69, 9.17) is 0 Å². The van der Waals surface area contributed by atoms with Gasteiger partial charge >= 0.3 is 0 Å². The number of nitrogens with one attached hydrogen (secondary N) is 1. The molecule has 0 radical (unpaired) electrons. The predicted octanol–water partition coefficient (Wildman–Crippen LogP) is 3.52. The molecule has 0 spiro atoms. The van der Waals surface area contributed by atoms with Crippen molar-refractivity contribution in [1.29, 1.82) is 0 Å². The molecule has 1 aliphatic rings. The molecular formula is C20H20N2O2. The highest BCUT2D eigenvalue weighted by Gasteiger charge is 2.42. The molecule has 4 nitrogen and oxygen atoms in total. The highest BCUT2D eigenvalue weighted by molar-refractivity contribution is 6.03. The van der Waals surface area contributed by atoms with Gasteiger partial charge in [-0.3, -0.25) is 19.9 Å². The number of piperidine rings is 1. The second-order valence-corrected chi connectivity index (χ2v) is 6.03. The summed E-state index contributed by atoms with van der Waals surface area (Å²) in [6.45, 7) is 1.98. The number of hydrogen-bond donors (Lipinski definition) is 1. The van der Waals surface area contributed by atoms with E-state index in [9.17, 15) is 9.59 Å². The number of carbonyl (C=O) groups is 2. The van der Waals surface area contributed by atoms with Crippen LogP contribution in [0.1, 0.15) is 37.3 Å². The van der Waals surface area contributed by atoms with Crippen LogP contribution in [0.15, 0.2) is 59.6 Å². The molecule has 4 heteroatoms. The van der Waals surface area contributed by atoms with Crippen LogP contribution in [-0.2, 0) is 15.0 Å². The second kappa shape index (κ2) is 6.79. The Morgan fingerprint density at radius 2 is 1.79 bits per heavy atom. The van der Waals surface area contributed by atoms with E-state index in [0.29, 0.717) is 19.3 Å². The van der Waals surface area contributed by atoms with Gasteiger partial charge in [-0.05, 0) is 36.1 Å². The SMILES string of the molecule is CC[C@]1(c2ccc(N=Cc3ccccc3)cc2)CCC(=O)NC1=O. The standard InChI is InChI=1S/C20H20N2O2/c1-2-20(13-12-18(23)22-19(20)24)16-8-10-17(11-9-16)21-14-15-6-4-3-5-7-15/h3-11,14H,2,12-13H2,1H3,(H,22,23,24)/t20-/m1/s1. The molecule has 0 aliphatic carbocycles. The fourth-order valence-corrected chi connectivity index (χ4v) is 3.12. The molecule has 1 atom stereocenters. The van der Waals surface area contributed by atoms with Crippen LogP contribution in [0.4, 0.5) is 5.69 Å². The number of rotatable bonds is 4. The summed E-state index contributed by atoms with van der Waals surface area (Å²) in [5.74, 6) is -0.380. The lowest BCUT2D eigenvalue weighted by Crippen LogP contribution is -2.51. The zero-order valence-corrected chi connectivity index (χ0v) is 13.7. The number of hydrogen-bond acceptors (Lipinski definition) is 3. The Morgan fingerprint density at radius 3 is 2.42 bits per heavy atom. The number of carbonyl (C=O) groups excluding carboxylic acids is 2. The van der Waals surface area contributed by atoms with Crippen LogP contribution in [0.3, 0.4) is 0 Å². The third-order valence-corrected chi connectivity index (χ3v) is 4.65. The fourth-order valence-electron chi connectivity index (χ4n) is 3.12. The van der Waals surface area contributed by atoms with Crippen LogP contribution in [0.5, 0.6) is 0 Å². The van der Waals surface area contributed by atoms with Gasteiger partial charge in [-0.2, -0.15) is 0 Å². The van der Waals surface area contributed by atoms with E-state index in [2.05, 4.69) is 10.3 Å². The summed E-state index contributed by atoms with van der Waals surface area (Å²) in [4.78, 5) is 28.3. The first-order valence-electron chi connectivity index (χ1n) is 8.18. The first-order chi connectivity index (χ1) is 11.6. The first kappa shape index (κ1) is 16.1. The van der Waals surface area contributed by atoms with E-state index < -0.39 is 5.41 Å². The topological polar surface area (TPSA) is 58.5 Å². The van der Waals surface area contributed by atoms with Crippen molar-refractivity contribution in [2.24, 2.45) is 4.99 Å². The van der Waals surface area contributed by atoms with Crippen molar-refractivity contribution < 1.29 is 9.59 Å². The normalized spacial score (nSPS) is 21.0. The van der Waals surface area contributed by atoms with Gasteiger partial charge < -0.3 is 0 Å². The summed E-state index contributed by atoms with van der Waals surface area (Å²) < 4.78 is 0. The molecule has 1 fully saturated rings. The Kier molecular flexibility index (Phi) is 4.56.